The molecule has 0 radical (unpaired) electrons. The maximum atomic E-state index is 12.5. The van der Waals surface area contributed by atoms with Gasteiger partial charge in [-0.15, -0.1) is 0 Å². The van der Waals surface area contributed by atoms with Crippen molar-refractivity contribution in [1.29, 1.82) is 0 Å². The first kappa shape index (κ1) is 15.8. The number of rotatable bonds is 6. The van der Waals surface area contributed by atoms with Crippen molar-refractivity contribution >= 4 is 5.91 Å². The third-order valence-electron chi connectivity index (χ3n) is 5.40. The van der Waals surface area contributed by atoms with Crippen LogP contribution in [0.4, 0.5) is 0 Å². The molecule has 3 atom stereocenters. The Balaban J connectivity index is 1.79. The predicted molar refractivity (Wildman–Crippen MR) is 83.4 cm³/mol. The molecule has 1 saturated heterocycles. The second-order valence-corrected chi connectivity index (χ2v) is 6.82. The lowest BCUT2D eigenvalue weighted by Crippen LogP contribution is -2.52. The highest BCUT2D eigenvalue weighted by Gasteiger charge is 2.38. The number of unbranched alkanes of at least 4 members (excludes halogenated alkanes) is 3. The number of hydrogen-bond donors (Lipinski definition) is 1. The van der Waals surface area contributed by atoms with Crippen LogP contribution in [0.1, 0.15) is 71.1 Å². The molecule has 2 fully saturated rings. The van der Waals surface area contributed by atoms with Crippen molar-refractivity contribution in [2.45, 2.75) is 77.2 Å². The van der Waals surface area contributed by atoms with E-state index in [4.69, 9.17) is 5.73 Å². The zero-order valence-corrected chi connectivity index (χ0v) is 13.2. The summed E-state index contributed by atoms with van der Waals surface area (Å²) < 4.78 is 0. The molecule has 0 aromatic rings. The van der Waals surface area contributed by atoms with E-state index in [9.17, 15) is 4.79 Å². The van der Waals surface area contributed by atoms with E-state index < -0.39 is 0 Å². The molecule has 2 N–H and O–H groups in total. The number of carbonyl (C=O) groups excluding carboxylic acids is 1. The quantitative estimate of drug-likeness (QED) is 0.759. The second kappa shape index (κ2) is 8.02. The molecule has 1 saturated carbocycles. The van der Waals surface area contributed by atoms with E-state index in [0.717, 1.165) is 50.6 Å². The van der Waals surface area contributed by atoms with Crippen molar-refractivity contribution < 1.29 is 4.79 Å². The zero-order chi connectivity index (χ0) is 14.4. The highest BCUT2D eigenvalue weighted by atomic mass is 16.2. The summed E-state index contributed by atoms with van der Waals surface area (Å²) in [5.74, 6) is 2.01. The predicted octanol–water partition coefficient (Wildman–Crippen LogP) is 3.32. The average molecular weight is 280 g/mol. The van der Waals surface area contributed by atoms with E-state index in [1.807, 2.05) is 0 Å². The van der Waals surface area contributed by atoms with Crippen LogP contribution in [-0.4, -0.2) is 29.9 Å². The molecule has 0 spiro atoms. The third-order valence-corrected chi connectivity index (χ3v) is 5.40. The monoisotopic (exact) mass is 280 g/mol. The summed E-state index contributed by atoms with van der Waals surface area (Å²) in [5, 5.41) is 0. The van der Waals surface area contributed by atoms with Crippen molar-refractivity contribution in [3.63, 3.8) is 0 Å². The normalized spacial score (nSPS) is 30.1. The Bertz CT molecular complexity index is 305. The van der Waals surface area contributed by atoms with E-state index in [-0.39, 0.29) is 0 Å². The Kier molecular flexibility index (Phi) is 6.34. The molecule has 2 rings (SSSR count). The summed E-state index contributed by atoms with van der Waals surface area (Å²) in [5.41, 5.74) is 5.50. The molecular formula is C17H32N2O. The molecule has 0 bridgehead atoms. The van der Waals surface area contributed by atoms with Crippen LogP contribution in [0.25, 0.3) is 0 Å². The zero-order valence-electron chi connectivity index (χ0n) is 13.2. The number of amides is 1. The van der Waals surface area contributed by atoms with Gasteiger partial charge >= 0.3 is 0 Å². The fraction of sp³-hybridized carbons (Fsp3) is 0.941. The Morgan fingerprint density at radius 2 is 1.85 bits per heavy atom. The lowest BCUT2D eigenvalue weighted by molar-refractivity contribution is -0.139. The van der Waals surface area contributed by atoms with Gasteiger partial charge in [0.05, 0.1) is 0 Å². The molecular weight excluding hydrogens is 248 g/mol. The molecule has 1 aliphatic carbocycles. The van der Waals surface area contributed by atoms with Crippen LogP contribution in [0.2, 0.25) is 0 Å². The summed E-state index contributed by atoms with van der Waals surface area (Å²) in [6.07, 6.45) is 11.7. The molecule has 3 heteroatoms. The smallest absolute Gasteiger partial charge is 0.222 e. The van der Waals surface area contributed by atoms with E-state index in [0.29, 0.717) is 11.9 Å². The van der Waals surface area contributed by atoms with Gasteiger partial charge in [-0.25, -0.2) is 0 Å². The largest absolute Gasteiger partial charge is 0.339 e. The topological polar surface area (TPSA) is 46.3 Å². The van der Waals surface area contributed by atoms with Gasteiger partial charge < -0.3 is 10.6 Å². The number of carbonyl (C=O) groups is 1. The number of fused-ring (bicyclic) bond motifs is 1. The molecule has 1 aliphatic heterocycles. The maximum Gasteiger partial charge on any atom is 0.222 e. The van der Waals surface area contributed by atoms with Crippen LogP contribution >= 0.6 is 0 Å². The van der Waals surface area contributed by atoms with Crippen LogP contribution in [0, 0.1) is 11.8 Å². The number of hydrogen-bond acceptors (Lipinski definition) is 2. The van der Waals surface area contributed by atoms with Crippen molar-refractivity contribution in [2.24, 2.45) is 17.6 Å². The number of nitrogens with zero attached hydrogens (tertiary/aromatic N) is 1. The molecule has 2 aliphatic rings. The van der Waals surface area contributed by atoms with E-state index in [1.165, 1.54) is 38.5 Å². The van der Waals surface area contributed by atoms with Gasteiger partial charge in [0.15, 0.2) is 0 Å². The minimum Gasteiger partial charge on any atom is -0.339 e. The van der Waals surface area contributed by atoms with E-state index in [2.05, 4.69) is 11.8 Å². The Labute approximate surface area is 124 Å². The van der Waals surface area contributed by atoms with Crippen LogP contribution in [0.3, 0.4) is 0 Å². The lowest BCUT2D eigenvalue weighted by atomic mass is 9.72. The third kappa shape index (κ3) is 3.97. The van der Waals surface area contributed by atoms with Crippen LogP contribution < -0.4 is 5.73 Å². The van der Waals surface area contributed by atoms with Crippen molar-refractivity contribution in [3.8, 4) is 0 Å². The Morgan fingerprint density at radius 3 is 2.65 bits per heavy atom. The lowest BCUT2D eigenvalue weighted by Gasteiger charge is -2.47. The van der Waals surface area contributed by atoms with Crippen molar-refractivity contribution in [2.75, 3.05) is 13.1 Å². The standard InChI is InChI=1S/C17H32N2O/c1-14-11-13-19(16-9-6-5-8-15(14)16)17(20)10-4-2-3-7-12-18/h14-16H,2-13,18H2,1H3. The maximum absolute atomic E-state index is 12.5. The van der Waals surface area contributed by atoms with E-state index >= 15 is 0 Å². The van der Waals surface area contributed by atoms with Crippen LogP contribution in [0.15, 0.2) is 0 Å². The van der Waals surface area contributed by atoms with Crippen LogP contribution in [0.5, 0.6) is 0 Å². The first-order chi connectivity index (χ1) is 9.74. The Morgan fingerprint density at radius 1 is 1.10 bits per heavy atom. The van der Waals surface area contributed by atoms with Crippen LogP contribution in [-0.2, 0) is 4.79 Å². The van der Waals surface area contributed by atoms with Gasteiger partial charge in [0.25, 0.3) is 0 Å². The summed E-state index contributed by atoms with van der Waals surface area (Å²) in [6.45, 7) is 4.17. The molecule has 3 unspecified atom stereocenters. The summed E-state index contributed by atoms with van der Waals surface area (Å²) >= 11 is 0. The minimum absolute atomic E-state index is 0.418. The fourth-order valence-electron chi connectivity index (χ4n) is 4.14. The van der Waals surface area contributed by atoms with Gasteiger partial charge in [-0.3, -0.25) is 4.79 Å². The van der Waals surface area contributed by atoms with Gasteiger partial charge in [0, 0.05) is 19.0 Å². The first-order valence-electron chi connectivity index (χ1n) is 8.73. The highest BCUT2D eigenvalue weighted by Crippen LogP contribution is 2.39. The number of piperidine rings is 1. The van der Waals surface area contributed by atoms with Crippen molar-refractivity contribution in [1.82, 2.24) is 4.90 Å². The Hall–Kier alpha value is -0.570. The van der Waals surface area contributed by atoms with Gasteiger partial charge in [0.1, 0.15) is 0 Å². The fourth-order valence-corrected chi connectivity index (χ4v) is 4.14. The SMILES string of the molecule is CC1CCN(C(=O)CCCCCCN)C2CCCCC12. The molecule has 3 nitrogen and oxygen atoms in total. The number of likely N-dealkylation sites (tertiary alicyclic amines) is 1. The average Bonchev–Trinajstić information content (AvgIpc) is 2.47. The number of nitrogens with two attached hydrogens (primary N) is 1. The molecule has 0 aromatic heterocycles. The summed E-state index contributed by atoms with van der Waals surface area (Å²) in [4.78, 5) is 14.7. The molecule has 1 amide bonds. The molecule has 20 heavy (non-hydrogen) atoms. The molecule has 116 valence electrons. The van der Waals surface area contributed by atoms with Gasteiger partial charge in [-0.05, 0) is 50.5 Å². The minimum atomic E-state index is 0.418. The second-order valence-electron chi connectivity index (χ2n) is 6.82. The molecule has 1 heterocycles. The molecule has 0 aromatic carbocycles. The summed E-state index contributed by atoms with van der Waals surface area (Å²) in [6, 6.07) is 0.559. The van der Waals surface area contributed by atoms with Gasteiger partial charge in [0.2, 0.25) is 5.91 Å². The first-order valence-corrected chi connectivity index (χ1v) is 8.73. The van der Waals surface area contributed by atoms with E-state index in [1.54, 1.807) is 0 Å². The van der Waals surface area contributed by atoms with Gasteiger partial charge in [-0.1, -0.05) is 32.6 Å². The summed E-state index contributed by atoms with van der Waals surface area (Å²) in [7, 11) is 0. The van der Waals surface area contributed by atoms with Gasteiger partial charge in [-0.2, -0.15) is 0 Å². The van der Waals surface area contributed by atoms with Crippen molar-refractivity contribution in [3.05, 3.63) is 0 Å². The highest BCUT2D eigenvalue weighted by molar-refractivity contribution is 5.76.